The number of carbonyl (C=O) groups excluding carboxylic acids is 2. The molecule has 4 aromatic rings. The summed E-state index contributed by atoms with van der Waals surface area (Å²) in [6.07, 6.45) is 0. The molecule has 0 saturated carbocycles. The minimum absolute atomic E-state index is 0.159. The van der Waals surface area contributed by atoms with Gasteiger partial charge < -0.3 is 4.74 Å². The molecule has 0 N–H and O–H groups in total. The van der Waals surface area contributed by atoms with E-state index in [1.54, 1.807) is 43.3 Å². The molecule has 0 atom stereocenters. The van der Waals surface area contributed by atoms with Gasteiger partial charge in [0.1, 0.15) is 4.83 Å². The highest BCUT2D eigenvalue weighted by Crippen LogP contribution is 2.27. The molecule has 0 fully saturated rings. The standard InChI is InChI=1S/C21H15NO4S/c1-2-26-21(25)15-12-16(18(23)13-8-4-3-5-9-13)22-19(24)14-10-6-7-11-17(14)27-20(15)22/h3-12H,2H2,1H3. The fourth-order valence-corrected chi connectivity index (χ4v) is 4.16. The van der Waals surface area contributed by atoms with E-state index in [1.165, 1.54) is 21.8 Å². The van der Waals surface area contributed by atoms with Crippen molar-refractivity contribution in [2.45, 2.75) is 6.92 Å². The molecule has 0 radical (unpaired) electrons. The van der Waals surface area contributed by atoms with E-state index in [1.807, 2.05) is 18.2 Å². The Morgan fingerprint density at radius 1 is 1.04 bits per heavy atom. The van der Waals surface area contributed by atoms with Crippen molar-refractivity contribution in [3.63, 3.8) is 0 Å². The lowest BCUT2D eigenvalue weighted by Gasteiger charge is -2.04. The minimum Gasteiger partial charge on any atom is -0.462 e. The summed E-state index contributed by atoms with van der Waals surface area (Å²) >= 11 is 1.29. The van der Waals surface area contributed by atoms with Crippen LogP contribution in [0.3, 0.4) is 0 Å². The quantitative estimate of drug-likeness (QED) is 0.399. The predicted octanol–water partition coefficient (Wildman–Crippen LogP) is 3.92. The number of esters is 1. The molecule has 0 spiro atoms. The number of benzene rings is 2. The third kappa shape index (κ3) is 2.84. The summed E-state index contributed by atoms with van der Waals surface area (Å²) in [5.74, 6) is -0.867. The van der Waals surface area contributed by atoms with Crippen molar-refractivity contribution in [3.8, 4) is 0 Å². The third-order valence-corrected chi connectivity index (χ3v) is 5.42. The van der Waals surface area contributed by atoms with Crippen LogP contribution in [0.15, 0.2) is 65.5 Å². The van der Waals surface area contributed by atoms with Crippen molar-refractivity contribution < 1.29 is 14.3 Å². The lowest BCUT2D eigenvalue weighted by molar-refractivity contribution is 0.0529. The van der Waals surface area contributed by atoms with Crippen LogP contribution in [0.5, 0.6) is 0 Å². The van der Waals surface area contributed by atoms with Crippen molar-refractivity contribution in [2.75, 3.05) is 6.61 Å². The first-order valence-corrected chi connectivity index (χ1v) is 9.27. The number of hydrogen-bond acceptors (Lipinski definition) is 5. The zero-order valence-electron chi connectivity index (χ0n) is 14.5. The molecule has 0 bridgehead atoms. The van der Waals surface area contributed by atoms with E-state index in [2.05, 4.69) is 0 Å². The molecular formula is C21H15NO4S. The van der Waals surface area contributed by atoms with Gasteiger partial charge in [-0.05, 0) is 25.1 Å². The first kappa shape index (κ1) is 17.2. The molecule has 2 aromatic heterocycles. The van der Waals surface area contributed by atoms with Crippen LogP contribution in [0, 0.1) is 0 Å². The summed E-state index contributed by atoms with van der Waals surface area (Å²) in [6, 6.07) is 17.3. The van der Waals surface area contributed by atoms with Crippen molar-refractivity contribution in [1.82, 2.24) is 4.40 Å². The van der Waals surface area contributed by atoms with Gasteiger partial charge in [0.15, 0.2) is 0 Å². The smallest absolute Gasteiger partial charge is 0.341 e. The average molecular weight is 377 g/mol. The van der Waals surface area contributed by atoms with Crippen molar-refractivity contribution in [1.29, 1.82) is 0 Å². The Kier molecular flexibility index (Phi) is 4.33. The van der Waals surface area contributed by atoms with Gasteiger partial charge in [0.2, 0.25) is 5.78 Å². The van der Waals surface area contributed by atoms with Crippen LogP contribution in [0.2, 0.25) is 0 Å². The van der Waals surface area contributed by atoms with Crippen LogP contribution in [-0.2, 0) is 4.74 Å². The Hall–Kier alpha value is -3.25. The van der Waals surface area contributed by atoms with Gasteiger partial charge in [0.25, 0.3) is 5.56 Å². The van der Waals surface area contributed by atoms with Crippen LogP contribution in [0.25, 0.3) is 14.9 Å². The van der Waals surface area contributed by atoms with Gasteiger partial charge in [-0.1, -0.05) is 42.5 Å². The summed E-state index contributed by atoms with van der Waals surface area (Å²) in [4.78, 5) is 39.0. The van der Waals surface area contributed by atoms with Gasteiger partial charge in [0, 0.05) is 10.3 Å². The molecule has 134 valence electrons. The molecule has 0 amide bonds. The fraction of sp³-hybridized carbons (Fsp3) is 0.0952. The summed E-state index contributed by atoms with van der Waals surface area (Å²) in [5, 5.41) is 0.503. The molecule has 2 heterocycles. The summed E-state index contributed by atoms with van der Waals surface area (Å²) < 4.78 is 7.20. The molecule has 5 nitrogen and oxygen atoms in total. The maximum Gasteiger partial charge on any atom is 0.341 e. The van der Waals surface area contributed by atoms with Gasteiger partial charge in [-0.3, -0.25) is 14.0 Å². The van der Waals surface area contributed by atoms with E-state index in [0.29, 0.717) is 15.8 Å². The van der Waals surface area contributed by atoms with E-state index in [4.69, 9.17) is 4.74 Å². The lowest BCUT2D eigenvalue weighted by Crippen LogP contribution is -2.17. The maximum atomic E-state index is 13.1. The predicted molar refractivity (Wildman–Crippen MR) is 105 cm³/mol. The lowest BCUT2D eigenvalue weighted by atomic mass is 10.1. The number of carbonyl (C=O) groups is 2. The van der Waals surface area contributed by atoms with Gasteiger partial charge in [-0.2, -0.15) is 0 Å². The maximum absolute atomic E-state index is 13.1. The van der Waals surface area contributed by atoms with E-state index in [-0.39, 0.29) is 29.2 Å². The number of hydrogen-bond donors (Lipinski definition) is 0. The Bertz CT molecular complexity index is 1240. The van der Waals surface area contributed by atoms with E-state index < -0.39 is 5.97 Å². The van der Waals surface area contributed by atoms with E-state index in [0.717, 1.165) is 4.70 Å². The van der Waals surface area contributed by atoms with Gasteiger partial charge in [0.05, 0.1) is 23.3 Å². The Labute approximate surface area is 158 Å². The largest absolute Gasteiger partial charge is 0.462 e. The second kappa shape index (κ2) is 6.81. The third-order valence-electron chi connectivity index (χ3n) is 4.25. The molecule has 0 aliphatic heterocycles. The highest BCUT2D eigenvalue weighted by Gasteiger charge is 2.24. The van der Waals surface area contributed by atoms with Crippen LogP contribution in [0.4, 0.5) is 0 Å². The van der Waals surface area contributed by atoms with Gasteiger partial charge in [-0.25, -0.2) is 4.79 Å². The normalized spacial score (nSPS) is 11.0. The number of rotatable bonds is 4. The Balaban J connectivity index is 2.06. The highest BCUT2D eigenvalue weighted by molar-refractivity contribution is 7.23. The number of ether oxygens (including phenoxy) is 1. The van der Waals surface area contributed by atoms with E-state index in [9.17, 15) is 14.4 Å². The second-order valence-corrected chi connectivity index (χ2v) is 6.93. The molecule has 0 aliphatic rings. The van der Waals surface area contributed by atoms with Crippen LogP contribution in [-0.4, -0.2) is 22.8 Å². The summed E-state index contributed by atoms with van der Waals surface area (Å²) in [5.41, 5.74) is 0.509. The minimum atomic E-state index is -0.548. The zero-order valence-corrected chi connectivity index (χ0v) is 15.3. The molecule has 0 saturated heterocycles. The second-order valence-electron chi connectivity index (χ2n) is 5.90. The zero-order chi connectivity index (χ0) is 19.0. The van der Waals surface area contributed by atoms with Crippen molar-refractivity contribution in [2.24, 2.45) is 0 Å². The van der Waals surface area contributed by atoms with Gasteiger partial charge in [-0.15, -0.1) is 11.3 Å². The molecule has 0 unspecified atom stereocenters. The first-order valence-electron chi connectivity index (χ1n) is 8.46. The number of fused-ring (bicyclic) bond motifs is 2. The highest BCUT2D eigenvalue weighted by atomic mass is 32.1. The van der Waals surface area contributed by atoms with Crippen molar-refractivity contribution in [3.05, 3.63) is 87.8 Å². The molecule has 27 heavy (non-hydrogen) atoms. The first-order chi connectivity index (χ1) is 13.1. The molecule has 2 aromatic carbocycles. The SMILES string of the molecule is CCOC(=O)c1cc(C(=O)c2ccccc2)n2c(=O)c3ccccc3sc12. The number of aromatic nitrogens is 1. The van der Waals surface area contributed by atoms with Gasteiger partial charge >= 0.3 is 5.97 Å². The number of nitrogens with zero attached hydrogens (tertiary/aromatic N) is 1. The summed E-state index contributed by atoms with van der Waals surface area (Å²) in [6.45, 7) is 1.92. The average Bonchev–Trinajstić information content (AvgIpc) is 3.08. The number of ketones is 1. The van der Waals surface area contributed by atoms with Crippen LogP contribution >= 0.6 is 11.3 Å². The molecule has 6 heteroatoms. The van der Waals surface area contributed by atoms with Crippen LogP contribution < -0.4 is 5.56 Å². The Morgan fingerprint density at radius 3 is 2.48 bits per heavy atom. The van der Waals surface area contributed by atoms with Crippen LogP contribution in [0.1, 0.15) is 33.3 Å². The molecule has 0 aliphatic carbocycles. The van der Waals surface area contributed by atoms with Crippen molar-refractivity contribution >= 4 is 38.0 Å². The summed E-state index contributed by atoms with van der Waals surface area (Å²) in [7, 11) is 0. The fourth-order valence-electron chi connectivity index (χ4n) is 3.01. The Morgan fingerprint density at radius 2 is 1.74 bits per heavy atom. The van der Waals surface area contributed by atoms with E-state index >= 15 is 0 Å². The molecular weight excluding hydrogens is 362 g/mol. The monoisotopic (exact) mass is 377 g/mol. The molecule has 4 rings (SSSR count). The topological polar surface area (TPSA) is 64.8 Å².